The van der Waals surface area contributed by atoms with Crippen molar-refractivity contribution in [3.05, 3.63) is 91.0 Å². The van der Waals surface area contributed by atoms with Crippen LogP contribution in [0.5, 0.6) is 0 Å². The Balaban J connectivity index is 0.000000482. The number of carbonyl (C=O) groups excluding carboxylic acids is 3. The standard InChI is InChI=1S/C13H10N2.C7H5NO.CO2.H2/c1-3-7-12(8-4-1)14-11-15-13-9-5-2-6-10-13;9-6-8-7-4-2-1-3-5-7;2-1-3;/h1-10H;1-5H;;1H/i;;;1+1. The van der Waals surface area contributed by atoms with E-state index >= 15 is 0 Å². The first kappa shape index (κ1) is 20.8. The van der Waals surface area contributed by atoms with E-state index < -0.39 is 0 Å². The Kier molecular flexibility index (Phi) is 10.9. The molecule has 3 aromatic rings. The second-order valence-electron chi connectivity index (χ2n) is 4.62. The van der Waals surface area contributed by atoms with Gasteiger partial charge in [0.25, 0.3) is 0 Å². The quantitative estimate of drug-likeness (QED) is 0.478. The van der Waals surface area contributed by atoms with Gasteiger partial charge in [0, 0.05) is 1.43 Å². The Morgan fingerprint density at radius 2 is 0.815 bits per heavy atom. The molecule has 6 nitrogen and oxygen atoms in total. The predicted octanol–water partition coefficient (Wildman–Crippen LogP) is 5.14. The van der Waals surface area contributed by atoms with Crippen molar-refractivity contribution in [2.24, 2.45) is 15.0 Å². The number of aliphatic imine (C=N–C) groups is 3. The maximum atomic E-state index is 9.68. The molecule has 0 unspecified atom stereocenters. The van der Waals surface area contributed by atoms with Crippen molar-refractivity contribution in [1.82, 2.24) is 0 Å². The van der Waals surface area contributed by atoms with Crippen molar-refractivity contribution in [3.63, 3.8) is 0 Å². The zero-order chi connectivity index (χ0) is 19.6. The van der Waals surface area contributed by atoms with Gasteiger partial charge in [0.2, 0.25) is 6.08 Å². The summed E-state index contributed by atoms with van der Waals surface area (Å²) >= 11 is 0. The van der Waals surface area contributed by atoms with Crippen LogP contribution in [-0.2, 0) is 14.4 Å². The maximum Gasteiger partial charge on any atom is 0.373 e. The van der Waals surface area contributed by atoms with E-state index in [2.05, 4.69) is 21.0 Å². The summed E-state index contributed by atoms with van der Waals surface area (Å²) in [5.74, 6) is 0. The molecule has 27 heavy (non-hydrogen) atoms. The first-order valence-corrected chi connectivity index (χ1v) is 7.69. The van der Waals surface area contributed by atoms with Gasteiger partial charge in [-0.05, 0) is 36.4 Å². The summed E-state index contributed by atoms with van der Waals surface area (Å²) in [5.41, 5.74) is 2.36. The summed E-state index contributed by atoms with van der Waals surface area (Å²) in [6.45, 7) is 0. The van der Waals surface area contributed by atoms with Crippen LogP contribution in [0.15, 0.2) is 106 Å². The van der Waals surface area contributed by atoms with Crippen LogP contribution >= 0.6 is 0 Å². The molecule has 0 bridgehead atoms. The van der Waals surface area contributed by atoms with Gasteiger partial charge in [-0.25, -0.2) is 4.79 Å². The molecule has 134 valence electrons. The minimum absolute atomic E-state index is 0. The third-order valence-corrected chi connectivity index (χ3v) is 2.80. The highest BCUT2D eigenvalue weighted by Crippen LogP contribution is 2.10. The molecule has 3 rings (SSSR count). The van der Waals surface area contributed by atoms with Crippen molar-refractivity contribution < 1.29 is 15.8 Å². The van der Waals surface area contributed by atoms with E-state index in [1.165, 1.54) is 6.08 Å². The third kappa shape index (κ3) is 10.3. The van der Waals surface area contributed by atoms with Crippen LogP contribution in [0, 0.1) is 0 Å². The van der Waals surface area contributed by atoms with E-state index in [0.29, 0.717) is 5.69 Å². The highest BCUT2D eigenvalue weighted by Gasteiger charge is 1.83. The minimum atomic E-state index is 0. The molecule has 0 fully saturated rings. The molecule has 0 aliphatic heterocycles. The number of hydrogen-bond acceptors (Lipinski definition) is 6. The van der Waals surface area contributed by atoms with E-state index in [-0.39, 0.29) is 7.58 Å². The Bertz CT molecular complexity index is 887. The Hall–Kier alpha value is -4.20. The average Bonchev–Trinajstić information content (AvgIpc) is 2.72. The third-order valence-electron chi connectivity index (χ3n) is 2.80. The second-order valence-corrected chi connectivity index (χ2v) is 4.62. The summed E-state index contributed by atoms with van der Waals surface area (Å²) in [6, 6.07) is 30.9. The van der Waals surface area contributed by atoms with Crippen molar-refractivity contribution in [2.45, 2.75) is 0 Å². The summed E-state index contributed by atoms with van der Waals surface area (Å²) < 4.78 is 0. The monoisotopic (exact) mass is 360 g/mol. The zero-order valence-electron chi connectivity index (χ0n) is 14.2. The van der Waals surface area contributed by atoms with Gasteiger partial charge in [-0.15, -0.1) is 0 Å². The van der Waals surface area contributed by atoms with Crippen molar-refractivity contribution in [1.29, 1.82) is 0 Å². The van der Waals surface area contributed by atoms with E-state index in [9.17, 15) is 4.79 Å². The van der Waals surface area contributed by atoms with Crippen molar-refractivity contribution >= 4 is 35.3 Å². The first-order chi connectivity index (χ1) is 13.3. The summed E-state index contributed by atoms with van der Waals surface area (Å²) in [4.78, 5) is 37.5. The highest BCUT2D eigenvalue weighted by atomic mass is 16.2. The number of benzene rings is 3. The molecule has 6 heteroatoms. The van der Waals surface area contributed by atoms with Gasteiger partial charge < -0.3 is 0 Å². The molecular formula is C21H17N3O3. The molecule has 0 aliphatic carbocycles. The second kappa shape index (κ2) is 14.2. The minimum Gasteiger partial charge on any atom is -0.211 e. The fraction of sp³-hybridized carbons (Fsp3) is 0. The molecule has 0 amide bonds. The fourth-order valence-electron chi connectivity index (χ4n) is 1.70. The van der Waals surface area contributed by atoms with Crippen molar-refractivity contribution in [3.8, 4) is 0 Å². The lowest BCUT2D eigenvalue weighted by Gasteiger charge is -1.87. The lowest BCUT2D eigenvalue weighted by Crippen LogP contribution is -1.63. The van der Waals surface area contributed by atoms with Crippen LogP contribution in [-0.4, -0.2) is 18.2 Å². The van der Waals surface area contributed by atoms with E-state index in [4.69, 9.17) is 9.59 Å². The number of hydrogen-bond donors (Lipinski definition) is 0. The lowest BCUT2D eigenvalue weighted by atomic mass is 10.3. The first-order valence-electron chi connectivity index (χ1n) is 7.69. The number of rotatable bonds is 3. The lowest BCUT2D eigenvalue weighted by molar-refractivity contribution is -0.191. The SMILES string of the molecule is C(=Nc1ccccc1)=Nc1ccccc1.O=C=Nc1ccccc1.O=C=O.[2HH]. The molecule has 0 atom stereocenters. The fourth-order valence-corrected chi connectivity index (χ4v) is 1.70. The molecule has 3 aromatic carbocycles. The largest absolute Gasteiger partial charge is 0.373 e. The molecule has 0 saturated heterocycles. The number of isocyanates is 1. The average molecular weight is 360 g/mol. The van der Waals surface area contributed by atoms with E-state index in [0.717, 1.165) is 11.4 Å². The van der Waals surface area contributed by atoms with Gasteiger partial charge in [-0.1, -0.05) is 54.6 Å². The molecule has 0 spiro atoms. The zero-order valence-corrected chi connectivity index (χ0v) is 14.2. The van der Waals surface area contributed by atoms with Crippen LogP contribution in [0.4, 0.5) is 17.1 Å². The summed E-state index contributed by atoms with van der Waals surface area (Å²) in [5, 5.41) is 0. The topological polar surface area (TPSA) is 88.3 Å². The van der Waals surface area contributed by atoms with Gasteiger partial charge in [0.1, 0.15) is 6.01 Å². The van der Waals surface area contributed by atoms with Crippen LogP contribution in [0.1, 0.15) is 1.43 Å². The summed E-state index contributed by atoms with van der Waals surface area (Å²) in [6.07, 6.45) is 1.71. The normalized spacial score (nSPS) is 8.00. The molecular weight excluding hydrogens is 342 g/mol. The molecule has 0 heterocycles. The van der Waals surface area contributed by atoms with Gasteiger partial charge in [-0.2, -0.15) is 24.6 Å². The molecule has 0 N–H and O–H groups in total. The summed E-state index contributed by atoms with van der Waals surface area (Å²) in [7, 11) is 0. The van der Waals surface area contributed by atoms with Crippen LogP contribution in [0.25, 0.3) is 0 Å². The van der Waals surface area contributed by atoms with E-state index in [1.807, 2.05) is 78.9 Å². The van der Waals surface area contributed by atoms with Gasteiger partial charge in [0.15, 0.2) is 0 Å². The van der Waals surface area contributed by atoms with Gasteiger partial charge in [0.05, 0.1) is 17.1 Å². The van der Waals surface area contributed by atoms with Crippen LogP contribution in [0.3, 0.4) is 0 Å². The smallest absolute Gasteiger partial charge is 0.211 e. The molecule has 0 aliphatic rings. The van der Waals surface area contributed by atoms with Crippen LogP contribution < -0.4 is 0 Å². The molecule has 0 radical (unpaired) electrons. The Labute approximate surface area is 157 Å². The highest BCUT2D eigenvalue weighted by molar-refractivity contribution is 5.57. The van der Waals surface area contributed by atoms with Gasteiger partial charge in [-0.3, -0.25) is 0 Å². The molecule has 0 aromatic heterocycles. The maximum absolute atomic E-state index is 9.68. The predicted molar refractivity (Wildman–Crippen MR) is 103 cm³/mol. The van der Waals surface area contributed by atoms with Gasteiger partial charge >= 0.3 is 6.15 Å². The number of para-hydroxylation sites is 3. The van der Waals surface area contributed by atoms with E-state index in [1.54, 1.807) is 12.1 Å². The number of nitrogens with zero attached hydrogens (tertiary/aromatic N) is 3. The molecule has 0 saturated carbocycles. The Morgan fingerprint density at radius 1 is 0.519 bits per heavy atom. The Morgan fingerprint density at radius 3 is 1.11 bits per heavy atom. The van der Waals surface area contributed by atoms with Crippen LogP contribution in [0.2, 0.25) is 0 Å². The van der Waals surface area contributed by atoms with Crippen molar-refractivity contribution in [2.75, 3.05) is 0 Å².